The summed E-state index contributed by atoms with van der Waals surface area (Å²) in [4.78, 5) is 10.8. The molecule has 0 aliphatic carbocycles. The van der Waals surface area contributed by atoms with Crippen molar-refractivity contribution < 1.29 is 13.5 Å². The SMILES string of the molecule is CN(C)CCCNS(=O)(=O)c1cccc(Nc2nccc(NCC(O)c3ccccc3)n2)c1. The van der Waals surface area contributed by atoms with Crippen LogP contribution in [0.2, 0.25) is 0 Å². The van der Waals surface area contributed by atoms with Crippen molar-refractivity contribution in [3.05, 3.63) is 72.4 Å². The molecular weight excluding hydrogens is 440 g/mol. The fraction of sp³-hybridized carbons (Fsp3) is 0.304. The molecule has 0 spiro atoms. The third-order valence-corrected chi connectivity index (χ3v) is 6.25. The molecule has 9 nitrogen and oxygen atoms in total. The van der Waals surface area contributed by atoms with E-state index in [1.807, 2.05) is 49.3 Å². The van der Waals surface area contributed by atoms with Crippen LogP contribution in [0.3, 0.4) is 0 Å². The number of benzene rings is 2. The summed E-state index contributed by atoms with van der Waals surface area (Å²) >= 11 is 0. The van der Waals surface area contributed by atoms with Crippen molar-refractivity contribution in [3.63, 3.8) is 0 Å². The largest absolute Gasteiger partial charge is 0.387 e. The summed E-state index contributed by atoms with van der Waals surface area (Å²) in [5.74, 6) is 0.844. The van der Waals surface area contributed by atoms with Crippen LogP contribution in [0.25, 0.3) is 0 Å². The number of sulfonamides is 1. The first-order valence-corrected chi connectivity index (χ1v) is 12.1. The highest BCUT2D eigenvalue weighted by Gasteiger charge is 2.14. The number of nitrogens with one attached hydrogen (secondary N) is 3. The summed E-state index contributed by atoms with van der Waals surface area (Å²) in [6.45, 7) is 1.45. The Balaban J connectivity index is 1.61. The van der Waals surface area contributed by atoms with Crippen LogP contribution < -0.4 is 15.4 Å². The topological polar surface area (TPSA) is 119 Å². The van der Waals surface area contributed by atoms with Crippen LogP contribution in [-0.4, -0.2) is 62.1 Å². The molecule has 1 atom stereocenters. The van der Waals surface area contributed by atoms with Gasteiger partial charge in [-0.05, 0) is 56.9 Å². The standard InChI is InChI=1S/C23H30N6O3S/c1-29(2)15-7-13-26-33(31,32)20-11-6-10-19(16-20)27-23-24-14-12-22(28-23)25-17-21(30)18-8-4-3-5-9-18/h3-6,8-12,14,16,21,26,30H,7,13,15,17H2,1-2H3,(H2,24,25,27,28). The molecule has 0 saturated carbocycles. The number of hydrogen-bond acceptors (Lipinski definition) is 8. The molecule has 0 radical (unpaired) electrons. The Kier molecular flexibility index (Phi) is 8.72. The average molecular weight is 471 g/mol. The van der Waals surface area contributed by atoms with E-state index in [-0.39, 0.29) is 11.4 Å². The van der Waals surface area contributed by atoms with E-state index in [0.717, 1.165) is 18.5 Å². The molecule has 0 bridgehead atoms. The maximum atomic E-state index is 12.6. The third kappa shape index (κ3) is 7.79. The molecule has 1 unspecified atom stereocenters. The zero-order valence-electron chi connectivity index (χ0n) is 18.8. The van der Waals surface area contributed by atoms with Gasteiger partial charge in [0.1, 0.15) is 5.82 Å². The van der Waals surface area contributed by atoms with E-state index in [1.54, 1.807) is 30.5 Å². The molecule has 3 aromatic rings. The molecule has 0 aliphatic rings. The van der Waals surface area contributed by atoms with Crippen molar-refractivity contribution in [1.29, 1.82) is 0 Å². The van der Waals surface area contributed by atoms with Gasteiger partial charge in [-0.15, -0.1) is 0 Å². The molecular formula is C23H30N6O3S. The Hall–Kier alpha value is -3.05. The van der Waals surface area contributed by atoms with Crippen LogP contribution in [0.4, 0.5) is 17.5 Å². The fourth-order valence-corrected chi connectivity index (χ4v) is 4.19. The molecule has 4 N–H and O–H groups in total. The van der Waals surface area contributed by atoms with E-state index in [2.05, 4.69) is 25.3 Å². The van der Waals surface area contributed by atoms with Crippen LogP contribution >= 0.6 is 0 Å². The van der Waals surface area contributed by atoms with E-state index in [9.17, 15) is 13.5 Å². The maximum Gasteiger partial charge on any atom is 0.240 e. The second-order valence-corrected chi connectivity index (χ2v) is 9.55. The smallest absolute Gasteiger partial charge is 0.240 e. The van der Waals surface area contributed by atoms with Crippen molar-refractivity contribution >= 4 is 27.5 Å². The van der Waals surface area contributed by atoms with Crippen molar-refractivity contribution in [3.8, 4) is 0 Å². The predicted octanol–water partition coefficient (Wildman–Crippen LogP) is 2.60. The van der Waals surface area contributed by atoms with Gasteiger partial charge in [-0.3, -0.25) is 0 Å². The second kappa shape index (κ2) is 11.7. The minimum Gasteiger partial charge on any atom is -0.387 e. The number of aliphatic hydroxyl groups is 1. The fourth-order valence-electron chi connectivity index (χ4n) is 3.07. The monoisotopic (exact) mass is 470 g/mol. The van der Waals surface area contributed by atoms with Crippen LogP contribution in [0.1, 0.15) is 18.1 Å². The lowest BCUT2D eigenvalue weighted by Gasteiger charge is -2.13. The van der Waals surface area contributed by atoms with Gasteiger partial charge in [-0.25, -0.2) is 18.1 Å². The number of aliphatic hydroxyl groups excluding tert-OH is 1. The minimum atomic E-state index is -3.62. The van der Waals surface area contributed by atoms with Crippen LogP contribution in [0, 0.1) is 0 Å². The van der Waals surface area contributed by atoms with E-state index in [0.29, 0.717) is 24.0 Å². The molecule has 2 aromatic carbocycles. The van der Waals surface area contributed by atoms with Gasteiger partial charge in [0.2, 0.25) is 16.0 Å². The number of rotatable bonds is 12. The van der Waals surface area contributed by atoms with Crippen LogP contribution in [0.5, 0.6) is 0 Å². The lowest BCUT2D eigenvalue weighted by molar-refractivity contribution is 0.191. The Labute approximate surface area is 195 Å². The molecule has 0 aliphatic heterocycles. The lowest BCUT2D eigenvalue weighted by Crippen LogP contribution is -2.27. The Morgan fingerprint density at radius 2 is 1.85 bits per heavy atom. The average Bonchev–Trinajstić information content (AvgIpc) is 2.81. The number of nitrogens with zero attached hydrogens (tertiary/aromatic N) is 3. The van der Waals surface area contributed by atoms with E-state index >= 15 is 0 Å². The summed E-state index contributed by atoms with van der Waals surface area (Å²) < 4.78 is 27.8. The van der Waals surface area contributed by atoms with Gasteiger partial charge in [-0.1, -0.05) is 36.4 Å². The Morgan fingerprint density at radius 3 is 2.61 bits per heavy atom. The quantitative estimate of drug-likeness (QED) is 0.298. The first-order valence-electron chi connectivity index (χ1n) is 10.6. The molecule has 33 heavy (non-hydrogen) atoms. The van der Waals surface area contributed by atoms with Crippen LogP contribution in [0.15, 0.2) is 71.8 Å². The molecule has 0 fully saturated rings. The molecule has 3 rings (SSSR count). The molecule has 1 aromatic heterocycles. The van der Waals surface area contributed by atoms with Gasteiger partial charge in [0.05, 0.1) is 11.0 Å². The zero-order valence-corrected chi connectivity index (χ0v) is 19.6. The van der Waals surface area contributed by atoms with Crippen molar-refractivity contribution in [2.24, 2.45) is 0 Å². The van der Waals surface area contributed by atoms with Gasteiger partial charge in [-0.2, -0.15) is 4.98 Å². The maximum absolute atomic E-state index is 12.6. The highest BCUT2D eigenvalue weighted by Crippen LogP contribution is 2.19. The van der Waals surface area contributed by atoms with E-state index in [4.69, 9.17) is 0 Å². The summed E-state index contributed by atoms with van der Waals surface area (Å²) in [6, 6.07) is 17.5. The Bertz CT molecular complexity index is 1130. The highest BCUT2D eigenvalue weighted by atomic mass is 32.2. The van der Waals surface area contributed by atoms with Crippen molar-refractivity contribution in [1.82, 2.24) is 19.6 Å². The number of anilines is 3. The minimum absolute atomic E-state index is 0.164. The van der Waals surface area contributed by atoms with Gasteiger partial charge in [0.15, 0.2) is 0 Å². The van der Waals surface area contributed by atoms with E-state index < -0.39 is 16.1 Å². The van der Waals surface area contributed by atoms with Gasteiger partial charge >= 0.3 is 0 Å². The molecule has 0 saturated heterocycles. The van der Waals surface area contributed by atoms with Crippen molar-refractivity contribution in [2.45, 2.75) is 17.4 Å². The summed E-state index contributed by atoms with van der Waals surface area (Å²) in [5, 5.41) is 16.4. The summed E-state index contributed by atoms with van der Waals surface area (Å²) in [6.07, 6.45) is 1.63. The van der Waals surface area contributed by atoms with Gasteiger partial charge < -0.3 is 20.6 Å². The lowest BCUT2D eigenvalue weighted by atomic mass is 10.1. The van der Waals surface area contributed by atoms with Gasteiger partial charge in [0, 0.05) is 25.0 Å². The molecule has 176 valence electrons. The molecule has 10 heteroatoms. The Morgan fingerprint density at radius 1 is 1.06 bits per heavy atom. The second-order valence-electron chi connectivity index (χ2n) is 7.78. The zero-order chi connectivity index (χ0) is 23.7. The van der Waals surface area contributed by atoms with Crippen LogP contribution in [-0.2, 0) is 10.0 Å². The van der Waals surface area contributed by atoms with E-state index in [1.165, 1.54) is 6.07 Å². The third-order valence-electron chi connectivity index (χ3n) is 4.79. The number of aromatic nitrogens is 2. The molecule has 1 heterocycles. The summed E-state index contributed by atoms with van der Waals surface area (Å²) in [7, 11) is 0.277. The van der Waals surface area contributed by atoms with Gasteiger partial charge in [0.25, 0.3) is 0 Å². The predicted molar refractivity (Wildman–Crippen MR) is 130 cm³/mol. The normalized spacial score (nSPS) is 12.5. The first kappa shape index (κ1) is 24.6. The number of hydrogen-bond donors (Lipinski definition) is 4. The highest BCUT2D eigenvalue weighted by molar-refractivity contribution is 7.89. The first-order chi connectivity index (χ1) is 15.8. The van der Waals surface area contributed by atoms with Crippen molar-refractivity contribution in [2.75, 3.05) is 44.4 Å². The summed E-state index contributed by atoms with van der Waals surface area (Å²) in [5.41, 5.74) is 1.36. The molecule has 0 amide bonds.